The molecule has 6 aliphatic rings. The van der Waals surface area contributed by atoms with Crippen molar-refractivity contribution in [3.63, 3.8) is 0 Å². The summed E-state index contributed by atoms with van der Waals surface area (Å²) in [6.07, 6.45) is 19.0. The van der Waals surface area contributed by atoms with Crippen molar-refractivity contribution < 1.29 is 14.6 Å². The first-order valence-corrected chi connectivity index (χ1v) is 17.4. The van der Waals surface area contributed by atoms with Crippen molar-refractivity contribution in [1.29, 1.82) is 0 Å². The van der Waals surface area contributed by atoms with Gasteiger partial charge in [-0.1, -0.05) is 20.8 Å². The molecule has 0 aromatic carbocycles. The highest BCUT2D eigenvalue weighted by molar-refractivity contribution is 5.76. The predicted molar refractivity (Wildman–Crippen MR) is 164 cm³/mol. The van der Waals surface area contributed by atoms with Crippen molar-refractivity contribution in [2.24, 2.45) is 46.3 Å². The maximum atomic E-state index is 13.4. The summed E-state index contributed by atoms with van der Waals surface area (Å²) in [5, 5.41) is 10.4. The Hall–Kier alpha value is -1.89. The number of rotatable bonds is 7. The van der Waals surface area contributed by atoms with E-state index in [0.29, 0.717) is 35.2 Å². The van der Waals surface area contributed by atoms with Gasteiger partial charge in [0, 0.05) is 32.6 Å². The summed E-state index contributed by atoms with van der Waals surface area (Å²) in [6.45, 7) is 10.8. The number of aliphatic hydroxyl groups is 1. The van der Waals surface area contributed by atoms with Gasteiger partial charge in [0.2, 0.25) is 5.91 Å². The molecule has 7 heteroatoms. The molecular formula is C35H54N4O3. The predicted octanol–water partition coefficient (Wildman–Crippen LogP) is 6.10. The number of amides is 1. The van der Waals surface area contributed by atoms with E-state index in [0.717, 1.165) is 99.4 Å². The maximum absolute atomic E-state index is 13.4. The summed E-state index contributed by atoms with van der Waals surface area (Å²) in [5.74, 6) is 6.65. The average molecular weight is 579 g/mol. The van der Waals surface area contributed by atoms with Gasteiger partial charge in [-0.25, -0.2) is 9.97 Å². The Bertz CT molecular complexity index is 1130. The molecule has 232 valence electrons. The number of carbonyl (C=O) groups excluding carboxylic acids is 1. The summed E-state index contributed by atoms with van der Waals surface area (Å²) in [5.41, 5.74) is 0.882. The van der Waals surface area contributed by atoms with Crippen molar-refractivity contribution >= 4 is 11.7 Å². The number of aliphatic hydroxyl groups excluding tert-OH is 1. The highest BCUT2D eigenvalue weighted by atomic mass is 16.5. The quantitative estimate of drug-likeness (QED) is 0.421. The highest BCUT2D eigenvalue weighted by Gasteiger charge is 2.60. The van der Waals surface area contributed by atoms with Crippen LogP contribution in [0.3, 0.4) is 0 Å². The Morgan fingerprint density at radius 3 is 2.55 bits per heavy atom. The molecule has 5 aliphatic carbocycles. The van der Waals surface area contributed by atoms with E-state index in [1.807, 2.05) is 0 Å². The molecule has 0 unspecified atom stereocenters. The molecule has 2 heterocycles. The summed E-state index contributed by atoms with van der Waals surface area (Å²) >= 11 is 0. The van der Waals surface area contributed by atoms with Crippen LogP contribution in [0.5, 0.6) is 5.75 Å². The summed E-state index contributed by atoms with van der Waals surface area (Å²) < 4.78 is 6.05. The van der Waals surface area contributed by atoms with Crippen LogP contribution in [-0.4, -0.2) is 64.3 Å². The number of hydrogen-bond donors (Lipinski definition) is 1. The first-order valence-electron chi connectivity index (χ1n) is 17.4. The molecular weight excluding hydrogens is 524 g/mol. The van der Waals surface area contributed by atoms with Crippen molar-refractivity contribution in [2.75, 3.05) is 31.1 Å². The van der Waals surface area contributed by atoms with E-state index in [2.05, 4.69) is 40.5 Å². The van der Waals surface area contributed by atoms with Gasteiger partial charge in [0.25, 0.3) is 0 Å². The fourth-order valence-corrected chi connectivity index (χ4v) is 11.1. The average Bonchev–Trinajstić information content (AvgIpc) is 3.74. The number of hydrogen-bond acceptors (Lipinski definition) is 6. The summed E-state index contributed by atoms with van der Waals surface area (Å²) in [7, 11) is 0. The minimum Gasteiger partial charge on any atom is -0.485 e. The number of carbonyl (C=O) groups is 1. The fourth-order valence-electron chi connectivity index (χ4n) is 11.1. The molecule has 1 aromatic heterocycles. The van der Waals surface area contributed by atoms with Crippen LogP contribution in [0.4, 0.5) is 5.82 Å². The largest absolute Gasteiger partial charge is 0.485 e. The minimum atomic E-state index is -0.0606. The molecule has 0 spiro atoms. The Balaban J connectivity index is 0.922. The zero-order chi connectivity index (χ0) is 29.1. The van der Waals surface area contributed by atoms with E-state index in [1.165, 1.54) is 44.9 Å². The Kier molecular flexibility index (Phi) is 7.72. The lowest BCUT2D eigenvalue weighted by Gasteiger charge is -2.61. The molecule has 1 N–H and O–H groups in total. The molecule has 7 nitrogen and oxygen atoms in total. The number of fused-ring (bicyclic) bond motifs is 5. The van der Waals surface area contributed by atoms with Gasteiger partial charge >= 0.3 is 0 Å². The number of anilines is 1. The normalized spacial score (nSPS) is 40.6. The van der Waals surface area contributed by atoms with Crippen molar-refractivity contribution in [3.8, 4) is 5.75 Å². The second-order valence-electron chi connectivity index (χ2n) is 15.7. The van der Waals surface area contributed by atoms with Gasteiger partial charge in [-0.15, -0.1) is 0 Å². The topological polar surface area (TPSA) is 78.8 Å². The van der Waals surface area contributed by atoms with Crippen LogP contribution >= 0.6 is 0 Å². The van der Waals surface area contributed by atoms with E-state index >= 15 is 0 Å². The number of ether oxygens (including phenoxy) is 1. The highest BCUT2D eigenvalue weighted by Crippen LogP contribution is 2.68. The lowest BCUT2D eigenvalue weighted by molar-refractivity contribution is -0.133. The third-order valence-electron chi connectivity index (χ3n) is 13.6. The van der Waals surface area contributed by atoms with Crippen LogP contribution in [-0.2, 0) is 4.79 Å². The summed E-state index contributed by atoms with van der Waals surface area (Å²) in [4.78, 5) is 26.4. The van der Waals surface area contributed by atoms with Gasteiger partial charge in [-0.2, -0.15) is 0 Å². The molecule has 1 aromatic rings. The molecule has 1 saturated heterocycles. The molecule has 5 saturated carbocycles. The number of piperazine rings is 1. The van der Waals surface area contributed by atoms with E-state index in [-0.39, 0.29) is 6.10 Å². The van der Waals surface area contributed by atoms with Gasteiger partial charge < -0.3 is 19.6 Å². The van der Waals surface area contributed by atoms with Crippen LogP contribution in [0.1, 0.15) is 104 Å². The smallest absolute Gasteiger partial charge is 0.222 e. The molecule has 0 bridgehead atoms. The SMILES string of the molecule is C[C@H](CCC(=O)N1CCN(c2ncncc2OC2CC2)CC1)[C@H]1CC[C@H]2[C@@H]3CC[C@H]4C[C@@H](O)CC[C@]4(C)[C@H]3CC[C@]12C. The van der Waals surface area contributed by atoms with Crippen molar-refractivity contribution in [1.82, 2.24) is 14.9 Å². The zero-order valence-electron chi connectivity index (χ0n) is 26.3. The van der Waals surface area contributed by atoms with Crippen LogP contribution < -0.4 is 9.64 Å². The van der Waals surface area contributed by atoms with Gasteiger partial charge in [0.15, 0.2) is 11.6 Å². The second kappa shape index (κ2) is 11.2. The Morgan fingerprint density at radius 1 is 1.00 bits per heavy atom. The van der Waals surface area contributed by atoms with Gasteiger partial charge in [-0.05, 0) is 123 Å². The van der Waals surface area contributed by atoms with Crippen molar-refractivity contribution in [2.45, 2.75) is 116 Å². The molecule has 1 amide bonds. The molecule has 7 rings (SSSR count). The number of aromatic nitrogens is 2. The van der Waals surface area contributed by atoms with Crippen LogP contribution in [0.15, 0.2) is 12.5 Å². The van der Waals surface area contributed by atoms with E-state index in [9.17, 15) is 9.90 Å². The van der Waals surface area contributed by atoms with E-state index < -0.39 is 0 Å². The van der Waals surface area contributed by atoms with Gasteiger partial charge in [0.1, 0.15) is 6.33 Å². The minimum absolute atomic E-state index is 0.0606. The van der Waals surface area contributed by atoms with E-state index in [4.69, 9.17) is 4.74 Å². The van der Waals surface area contributed by atoms with Crippen molar-refractivity contribution in [3.05, 3.63) is 12.5 Å². The monoisotopic (exact) mass is 578 g/mol. The standard InChI is InChI=1S/C35H54N4O3/c1-23(4-11-32(41)38-16-18-39(19-17-38)33-31(21-36-22-37-33)42-26-6-7-26)28-9-10-29-27-8-5-24-20-25(40)12-14-34(24,2)30(27)13-15-35(28,29)3/h21-30,40H,4-20H2,1-3H3/t23-,24+,25+,27+,28-,29+,30+,34+,35-/m1/s1. The maximum Gasteiger partial charge on any atom is 0.222 e. The number of nitrogens with zero attached hydrogens (tertiary/aromatic N) is 4. The zero-order valence-corrected chi connectivity index (χ0v) is 26.3. The lowest BCUT2D eigenvalue weighted by Crippen LogP contribution is -2.54. The first-order chi connectivity index (χ1) is 20.3. The Morgan fingerprint density at radius 2 is 1.76 bits per heavy atom. The summed E-state index contributed by atoms with van der Waals surface area (Å²) in [6, 6.07) is 0. The molecule has 0 radical (unpaired) electrons. The second-order valence-corrected chi connectivity index (χ2v) is 15.7. The lowest BCUT2D eigenvalue weighted by atomic mass is 9.44. The fraction of sp³-hybridized carbons (Fsp3) is 0.857. The van der Waals surface area contributed by atoms with Crippen LogP contribution in [0, 0.1) is 46.3 Å². The molecule has 42 heavy (non-hydrogen) atoms. The van der Waals surface area contributed by atoms with Crippen LogP contribution in [0.25, 0.3) is 0 Å². The van der Waals surface area contributed by atoms with Gasteiger partial charge in [-0.3, -0.25) is 4.79 Å². The first kappa shape index (κ1) is 28.9. The molecule has 9 atom stereocenters. The third-order valence-corrected chi connectivity index (χ3v) is 13.6. The van der Waals surface area contributed by atoms with Gasteiger partial charge in [0.05, 0.1) is 18.4 Å². The third kappa shape index (κ3) is 5.13. The molecule has 6 fully saturated rings. The van der Waals surface area contributed by atoms with Crippen LogP contribution in [0.2, 0.25) is 0 Å². The van der Waals surface area contributed by atoms with E-state index in [1.54, 1.807) is 12.5 Å². The Labute approximate surface area is 253 Å². The molecule has 1 aliphatic heterocycles.